The van der Waals surface area contributed by atoms with Crippen LogP contribution in [0.15, 0.2) is 23.6 Å². The first-order chi connectivity index (χ1) is 14.4. The molecule has 0 radical (unpaired) electrons. The Labute approximate surface area is 188 Å². The second kappa shape index (κ2) is 8.86. The molecule has 1 aromatic heterocycles. The van der Waals surface area contributed by atoms with Gasteiger partial charge in [-0.05, 0) is 18.2 Å². The fraction of sp³-hybridized carbons (Fsp3) is 0.522. The average molecular weight is 445 g/mol. The van der Waals surface area contributed by atoms with Gasteiger partial charge in [-0.2, -0.15) is 0 Å². The van der Waals surface area contributed by atoms with Crippen LogP contribution >= 0.6 is 11.3 Å². The molecule has 0 fully saturated rings. The van der Waals surface area contributed by atoms with Crippen LogP contribution in [-0.4, -0.2) is 36.6 Å². The molecule has 3 amide bonds. The summed E-state index contributed by atoms with van der Waals surface area (Å²) >= 11 is 1.62. The lowest BCUT2D eigenvalue weighted by Crippen LogP contribution is -2.44. The Kier molecular flexibility index (Phi) is 6.59. The number of rotatable bonds is 4. The number of urea groups is 1. The van der Waals surface area contributed by atoms with E-state index >= 15 is 0 Å². The van der Waals surface area contributed by atoms with Crippen molar-refractivity contribution in [2.24, 2.45) is 5.41 Å². The van der Waals surface area contributed by atoms with Crippen molar-refractivity contribution in [1.29, 1.82) is 0 Å². The zero-order chi connectivity index (χ0) is 22.8. The van der Waals surface area contributed by atoms with Gasteiger partial charge >= 0.3 is 6.03 Å². The SMILES string of the molecule is CC(C)(C)C(=O)N1CCOc2ccc(NC(=O)NCCc3nc(C(C)(C)C)cs3)cc21. The molecule has 2 heterocycles. The lowest BCUT2D eigenvalue weighted by atomic mass is 9.93. The Hall–Kier alpha value is -2.61. The summed E-state index contributed by atoms with van der Waals surface area (Å²) in [5.74, 6) is 0.671. The van der Waals surface area contributed by atoms with Gasteiger partial charge in [-0.15, -0.1) is 11.3 Å². The topological polar surface area (TPSA) is 83.6 Å². The maximum atomic E-state index is 12.8. The minimum absolute atomic E-state index is 0.0247. The number of carbonyl (C=O) groups excluding carboxylic acids is 2. The van der Waals surface area contributed by atoms with Gasteiger partial charge in [-0.1, -0.05) is 41.5 Å². The van der Waals surface area contributed by atoms with E-state index in [2.05, 4.69) is 41.8 Å². The van der Waals surface area contributed by atoms with Crippen LogP contribution in [0, 0.1) is 5.41 Å². The summed E-state index contributed by atoms with van der Waals surface area (Å²) in [6, 6.07) is 5.06. The maximum absolute atomic E-state index is 12.8. The standard InChI is InChI=1S/C23H32N4O3S/c1-22(2,3)18-14-31-19(26-18)9-10-24-21(29)25-15-7-8-17-16(13-15)27(11-12-30-17)20(28)23(4,5)6/h7-8,13-14H,9-12H2,1-6H3,(H2,24,25,29). The number of aromatic nitrogens is 1. The molecule has 8 heteroatoms. The molecule has 0 aliphatic carbocycles. The summed E-state index contributed by atoms with van der Waals surface area (Å²) in [7, 11) is 0. The van der Waals surface area contributed by atoms with E-state index in [9.17, 15) is 9.59 Å². The number of benzene rings is 1. The Morgan fingerprint density at radius 1 is 1.19 bits per heavy atom. The average Bonchev–Trinajstić information content (AvgIpc) is 3.15. The summed E-state index contributed by atoms with van der Waals surface area (Å²) in [5, 5.41) is 8.80. The molecule has 168 valence electrons. The molecule has 2 aromatic rings. The molecule has 0 unspecified atom stereocenters. The number of amides is 3. The van der Waals surface area contributed by atoms with Gasteiger partial charge in [-0.25, -0.2) is 9.78 Å². The third-order valence-electron chi connectivity index (χ3n) is 4.91. The Morgan fingerprint density at radius 2 is 1.94 bits per heavy atom. The van der Waals surface area contributed by atoms with Crippen molar-refractivity contribution in [2.45, 2.75) is 53.4 Å². The molecule has 0 saturated heterocycles. The van der Waals surface area contributed by atoms with E-state index in [0.717, 1.165) is 10.7 Å². The number of nitrogens with zero attached hydrogens (tertiary/aromatic N) is 2. The summed E-state index contributed by atoms with van der Waals surface area (Å²) < 4.78 is 5.69. The summed E-state index contributed by atoms with van der Waals surface area (Å²) in [6.07, 6.45) is 0.681. The lowest BCUT2D eigenvalue weighted by molar-refractivity contribution is -0.126. The first kappa shape index (κ1) is 23.1. The van der Waals surface area contributed by atoms with Crippen LogP contribution in [0.3, 0.4) is 0 Å². The van der Waals surface area contributed by atoms with Crippen molar-refractivity contribution in [2.75, 3.05) is 29.9 Å². The molecular formula is C23H32N4O3S. The number of hydrogen-bond acceptors (Lipinski definition) is 5. The molecule has 31 heavy (non-hydrogen) atoms. The third-order valence-corrected chi connectivity index (χ3v) is 5.82. The van der Waals surface area contributed by atoms with Gasteiger partial charge in [0.15, 0.2) is 0 Å². The third kappa shape index (κ3) is 5.76. The Morgan fingerprint density at radius 3 is 2.58 bits per heavy atom. The van der Waals surface area contributed by atoms with E-state index in [0.29, 0.717) is 43.2 Å². The van der Waals surface area contributed by atoms with Crippen molar-refractivity contribution >= 4 is 34.6 Å². The van der Waals surface area contributed by atoms with Gasteiger partial charge in [-0.3, -0.25) is 4.79 Å². The van der Waals surface area contributed by atoms with E-state index in [-0.39, 0.29) is 17.4 Å². The van der Waals surface area contributed by atoms with Crippen LogP contribution in [0.5, 0.6) is 5.75 Å². The lowest BCUT2D eigenvalue weighted by Gasteiger charge is -2.34. The van der Waals surface area contributed by atoms with Gasteiger partial charge in [0.25, 0.3) is 0 Å². The number of fused-ring (bicyclic) bond motifs is 1. The fourth-order valence-corrected chi connectivity index (χ4v) is 4.16. The van der Waals surface area contributed by atoms with Crippen LogP contribution in [0.1, 0.15) is 52.2 Å². The van der Waals surface area contributed by atoms with Gasteiger partial charge in [0.2, 0.25) is 5.91 Å². The largest absolute Gasteiger partial charge is 0.490 e. The van der Waals surface area contributed by atoms with Crippen LogP contribution in [0.25, 0.3) is 0 Å². The molecule has 0 saturated carbocycles. The van der Waals surface area contributed by atoms with Crippen LogP contribution in [0.4, 0.5) is 16.2 Å². The second-order valence-corrected chi connectivity index (χ2v) is 10.7. The van der Waals surface area contributed by atoms with Crippen molar-refractivity contribution in [3.8, 4) is 5.75 Å². The van der Waals surface area contributed by atoms with Gasteiger partial charge in [0.05, 0.1) is 22.9 Å². The number of thiazole rings is 1. The van der Waals surface area contributed by atoms with Crippen LogP contribution < -0.4 is 20.3 Å². The first-order valence-corrected chi connectivity index (χ1v) is 11.4. The molecule has 2 N–H and O–H groups in total. The number of nitrogens with one attached hydrogen (secondary N) is 2. The van der Waals surface area contributed by atoms with E-state index in [1.807, 2.05) is 20.8 Å². The highest BCUT2D eigenvalue weighted by Gasteiger charge is 2.32. The normalized spacial score (nSPS) is 13.9. The molecule has 3 rings (SSSR count). The van der Waals surface area contributed by atoms with E-state index in [4.69, 9.17) is 4.74 Å². The molecule has 1 aliphatic heterocycles. The quantitative estimate of drug-likeness (QED) is 0.723. The summed E-state index contributed by atoms with van der Waals surface area (Å²) in [6.45, 7) is 13.5. The van der Waals surface area contributed by atoms with E-state index in [1.165, 1.54) is 0 Å². The minimum Gasteiger partial charge on any atom is -0.490 e. The van der Waals surface area contributed by atoms with E-state index < -0.39 is 5.41 Å². The Bertz CT molecular complexity index is 956. The number of carbonyl (C=O) groups is 2. The van der Waals surface area contributed by atoms with Gasteiger partial charge < -0.3 is 20.3 Å². The van der Waals surface area contributed by atoms with Crippen molar-refractivity contribution in [3.05, 3.63) is 34.3 Å². The van der Waals surface area contributed by atoms with E-state index in [1.54, 1.807) is 34.4 Å². The van der Waals surface area contributed by atoms with Crippen molar-refractivity contribution in [1.82, 2.24) is 10.3 Å². The Balaban J connectivity index is 1.59. The van der Waals surface area contributed by atoms with Crippen LogP contribution in [0.2, 0.25) is 0 Å². The first-order valence-electron chi connectivity index (χ1n) is 10.5. The van der Waals surface area contributed by atoms with Gasteiger partial charge in [0.1, 0.15) is 12.4 Å². The minimum atomic E-state index is -0.502. The highest BCUT2D eigenvalue weighted by atomic mass is 32.1. The maximum Gasteiger partial charge on any atom is 0.319 e. The van der Waals surface area contributed by atoms with Crippen molar-refractivity contribution in [3.63, 3.8) is 0 Å². The number of anilines is 2. The predicted octanol–water partition coefficient (Wildman–Crippen LogP) is 4.58. The molecule has 1 aromatic carbocycles. The summed E-state index contributed by atoms with van der Waals surface area (Å²) in [4.78, 5) is 31.6. The second-order valence-electron chi connectivity index (χ2n) is 9.75. The van der Waals surface area contributed by atoms with Crippen LogP contribution in [-0.2, 0) is 16.6 Å². The molecular weight excluding hydrogens is 412 g/mol. The smallest absolute Gasteiger partial charge is 0.319 e. The molecule has 0 bridgehead atoms. The molecule has 1 aliphatic rings. The number of hydrogen-bond donors (Lipinski definition) is 2. The number of ether oxygens (including phenoxy) is 1. The fourth-order valence-electron chi connectivity index (χ4n) is 3.14. The summed E-state index contributed by atoms with van der Waals surface area (Å²) in [5.41, 5.74) is 1.89. The highest BCUT2D eigenvalue weighted by Crippen LogP contribution is 2.36. The highest BCUT2D eigenvalue weighted by molar-refractivity contribution is 7.09. The molecule has 0 atom stereocenters. The zero-order valence-corrected chi connectivity index (χ0v) is 20.0. The van der Waals surface area contributed by atoms with Crippen molar-refractivity contribution < 1.29 is 14.3 Å². The predicted molar refractivity (Wildman–Crippen MR) is 125 cm³/mol. The van der Waals surface area contributed by atoms with Gasteiger partial charge in [0, 0.05) is 34.9 Å². The monoisotopic (exact) mass is 444 g/mol. The molecule has 0 spiro atoms. The zero-order valence-electron chi connectivity index (χ0n) is 19.2. The molecule has 7 nitrogen and oxygen atoms in total.